The molecule has 148 valence electrons. The molecule has 2 N–H and O–H groups in total. The summed E-state index contributed by atoms with van der Waals surface area (Å²) in [5.74, 6) is -0.376. The molecule has 0 aliphatic heterocycles. The Hall–Kier alpha value is -3.15. The first-order valence-electron chi connectivity index (χ1n) is 9.41. The van der Waals surface area contributed by atoms with Gasteiger partial charge >= 0.3 is 0 Å². The molecule has 0 unspecified atom stereocenters. The Kier molecular flexibility index (Phi) is 8.21. The van der Waals surface area contributed by atoms with Crippen LogP contribution in [0.4, 0.5) is 11.4 Å². The molecule has 2 rings (SSSR count). The highest BCUT2D eigenvalue weighted by Gasteiger charge is 2.11. The van der Waals surface area contributed by atoms with E-state index in [0.29, 0.717) is 24.5 Å². The van der Waals surface area contributed by atoms with Crippen molar-refractivity contribution in [1.82, 2.24) is 4.90 Å². The van der Waals surface area contributed by atoms with Crippen LogP contribution in [0.1, 0.15) is 32.3 Å². The van der Waals surface area contributed by atoms with Gasteiger partial charge in [0, 0.05) is 44.7 Å². The van der Waals surface area contributed by atoms with Crippen LogP contribution in [0.25, 0.3) is 0 Å². The van der Waals surface area contributed by atoms with Crippen LogP contribution in [0.15, 0.2) is 54.6 Å². The zero-order valence-electron chi connectivity index (χ0n) is 16.4. The fraction of sp³-hybridized carbons (Fsp3) is 0.318. The van der Waals surface area contributed by atoms with Crippen molar-refractivity contribution in [3.8, 4) is 0 Å². The molecule has 0 saturated heterocycles. The van der Waals surface area contributed by atoms with Crippen molar-refractivity contribution >= 4 is 29.1 Å². The van der Waals surface area contributed by atoms with Gasteiger partial charge in [0.05, 0.1) is 0 Å². The largest absolute Gasteiger partial charge is 0.342 e. The number of amides is 3. The summed E-state index contributed by atoms with van der Waals surface area (Å²) >= 11 is 0. The molecular formula is C22H27N3O3. The Morgan fingerprint density at radius 2 is 1.54 bits per heavy atom. The first-order chi connectivity index (χ1) is 13.4. The molecule has 0 fully saturated rings. The molecule has 0 heterocycles. The molecule has 28 heavy (non-hydrogen) atoms. The van der Waals surface area contributed by atoms with E-state index in [-0.39, 0.29) is 24.1 Å². The number of carbonyl (C=O) groups is 3. The molecule has 0 atom stereocenters. The lowest BCUT2D eigenvalue weighted by atomic mass is 10.1. The van der Waals surface area contributed by atoms with Crippen molar-refractivity contribution in [2.24, 2.45) is 0 Å². The Balaban J connectivity index is 1.80. The van der Waals surface area contributed by atoms with Gasteiger partial charge in [-0.05, 0) is 36.6 Å². The Morgan fingerprint density at radius 1 is 0.857 bits per heavy atom. The highest BCUT2D eigenvalue weighted by atomic mass is 16.2. The number of hydrogen-bond donors (Lipinski definition) is 2. The van der Waals surface area contributed by atoms with E-state index in [9.17, 15) is 14.4 Å². The minimum absolute atomic E-state index is 0.0338. The van der Waals surface area contributed by atoms with Gasteiger partial charge in [-0.2, -0.15) is 0 Å². The van der Waals surface area contributed by atoms with Gasteiger partial charge in [0.2, 0.25) is 17.7 Å². The Labute approximate surface area is 165 Å². The Bertz CT molecular complexity index is 806. The average molecular weight is 381 g/mol. The van der Waals surface area contributed by atoms with Crippen molar-refractivity contribution in [2.45, 2.75) is 33.1 Å². The molecule has 0 spiro atoms. The van der Waals surface area contributed by atoms with E-state index in [1.165, 1.54) is 19.4 Å². The van der Waals surface area contributed by atoms with Gasteiger partial charge < -0.3 is 15.5 Å². The normalized spacial score (nSPS) is 10.2. The molecule has 0 radical (unpaired) electrons. The van der Waals surface area contributed by atoms with Crippen LogP contribution in [0.3, 0.4) is 0 Å². The maximum atomic E-state index is 12.2. The lowest BCUT2D eigenvalue weighted by molar-refractivity contribution is -0.129. The summed E-state index contributed by atoms with van der Waals surface area (Å²) in [7, 11) is 0. The van der Waals surface area contributed by atoms with Gasteiger partial charge in [-0.25, -0.2) is 0 Å². The quantitative estimate of drug-likeness (QED) is 0.698. The van der Waals surface area contributed by atoms with Crippen LogP contribution in [0.2, 0.25) is 0 Å². The van der Waals surface area contributed by atoms with Crippen molar-refractivity contribution < 1.29 is 14.4 Å². The van der Waals surface area contributed by atoms with E-state index in [1.54, 1.807) is 29.2 Å². The Morgan fingerprint density at radius 3 is 2.18 bits per heavy atom. The first-order valence-corrected chi connectivity index (χ1v) is 9.41. The summed E-state index contributed by atoms with van der Waals surface area (Å²) < 4.78 is 0. The van der Waals surface area contributed by atoms with Crippen LogP contribution in [0.5, 0.6) is 0 Å². The van der Waals surface area contributed by atoms with Crippen molar-refractivity contribution in [1.29, 1.82) is 0 Å². The van der Waals surface area contributed by atoms with E-state index in [2.05, 4.69) is 22.8 Å². The number of nitrogens with one attached hydrogen (secondary N) is 2. The van der Waals surface area contributed by atoms with E-state index in [1.807, 2.05) is 18.2 Å². The lowest BCUT2D eigenvalue weighted by Gasteiger charge is -2.21. The van der Waals surface area contributed by atoms with E-state index < -0.39 is 0 Å². The van der Waals surface area contributed by atoms with Crippen molar-refractivity contribution in [3.63, 3.8) is 0 Å². The standard InChI is InChI=1S/C22H27N3O3/c1-17(26)23-20-11-6-12-21(16-20)24-22(28)13-15-25(18(2)27)14-7-10-19-8-4-3-5-9-19/h3-6,8-9,11-12,16H,7,10,13-15H2,1-2H3,(H,23,26)(H,24,28). The monoisotopic (exact) mass is 381 g/mol. The second-order valence-corrected chi connectivity index (χ2v) is 6.66. The molecule has 6 heteroatoms. The van der Waals surface area contributed by atoms with E-state index >= 15 is 0 Å². The molecule has 0 aliphatic carbocycles. The van der Waals surface area contributed by atoms with Gasteiger partial charge in [0.1, 0.15) is 0 Å². The summed E-state index contributed by atoms with van der Waals surface area (Å²) in [4.78, 5) is 36.9. The van der Waals surface area contributed by atoms with Crippen LogP contribution in [-0.4, -0.2) is 35.7 Å². The number of anilines is 2. The zero-order valence-corrected chi connectivity index (χ0v) is 16.4. The van der Waals surface area contributed by atoms with Crippen molar-refractivity contribution in [3.05, 3.63) is 60.2 Å². The summed E-state index contributed by atoms with van der Waals surface area (Å²) in [5, 5.41) is 5.48. The third-order valence-electron chi connectivity index (χ3n) is 4.26. The van der Waals surface area contributed by atoms with Gasteiger partial charge in [-0.3, -0.25) is 14.4 Å². The van der Waals surface area contributed by atoms with E-state index in [0.717, 1.165) is 12.8 Å². The number of hydrogen-bond acceptors (Lipinski definition) is 3. The van der Waals surface area contributed by atoms with Crippen LogP contribution in [-0.2, 0) is 20.8 Å². The molecule has 0 aliphatic rings. The van der Waals surface area contributed by atoms with Crippen LogP contribution >= 0.6 is 0 Å². The molecule has 2 aromatic carbocycles. The van der Waals surface area contributed by atoms with Gasteiger partial charge in [-0.15, -0.1) is 0 Å². The molecule has 3 amide bonds. The summed E-state index contributed by atoms with van der Waals surface area (Å²) in [6, 6.07) is 17.1. The second kappa shape index (κ2) is 10.9. The number of aryl methyl sites for hydroxylation is 1. The minimum atomic E-state index is -0.172. The second-order valence-electron chi connectivity index (χ2n) is 6.66. The highest BCUT2D eigenvalue weighted by molar-refractivity contribution is 5.93. The fourth-order valence-corrected chi connectivity index (χ4v) is 2.88. The molecule has 2 aromatic rings. The predicted molar refractivity (Wildman–Crippen MR) is 111 cm³/mol. The smallest absolute Gasteiger partial charge is 0.226 e. The topological polar surface area (TPSA) is 78.5 Å². The SMILES string of the molecule is CC(=O)Nc1cccc(NC(=O)CCN(CCCc2ccccc2)C(C)=O)c1. The van der Waals surface area contributed by atoms with Crippen LogP contribution < -0.4 is 10.6 Å². The molecule has 0 saturated carbocycles. The van der Waals surface area contributed by atoms with E-state index in [4.69, 9.17) is 0 Å². The number of carbonyl (C=O) groups excluding carboxylic acids is 3. The minimum Gasteiger partial charge on any atom is -0.342 e. The summed E-state index contributed by atoms with van der Waals surface area (Å²) in [5.41, 5.74) is 2.47. The predicted octanol–water partition coefficient (Wildman–Crippen LogP) is 3.45. The number of benzene rings is 2. The number of rotatable bonds is 9. The van der Waals surface area contributed by atoms with Gasteiger partial charge in [0.15, 0.2) is 0 Å². The lowest BCUT2D eigenvalue weighted by Crippen LogP contribution is -2.33. The van der Waals surface area contributed by atoms with Gasteiger partial charge in [0.25, 0.3) is 0 Å². The first kappa shape index (κ1) is 21.2. The third-order valence-corrected chi connectivity index (χ3v) is 4.26. The van der Waals surface area contributed by atoms with Crippen molar-refractivity contribution in [2.75, 3.05) is 23.7 Å². The maximum Gasteiger partial charge on any atom is 0.226 e. The van der Waals surface area contributed by atoms with Gasteiger partial charge in [-0.1, -0.05) is 36.4 Å². The third kappa shape index (κ3) is 7.61. The maximum absolute atomic E-state index is 12.2. The fourth-order valence-electron chi connectivity index (χ4n) is 2.88. The zero-order chi connectivity index (χ0) is 20.4. The van der Waals surface area contributed by atoms with Crippen LogP contribution in [0, 0.1) is 0 Å². The molecule has 0 bridgehead atoms. The highest BCUT2D eigenvalue weighted by Crippen LogP contribution is 2.15. The molecule has 6 nitrogen and oxygen atoms in total. The average Bonchev–Trinajstić information content (AvgIpc) is 2.64. The molecule has 0 aromatic heterocycles. The molecular weight excluding hydrogens is 354 g/mol. The summed E-state index contributed by atoms with van der Waals surface area (Å²) in [6.07, 6.45) is 1.96. The summed E-state index contributed by atoms with van der Waals surface area (Å²) in [6.45, 7) is 3.95. The number of nitrogens with zero attached hydrogens (tertiary/aromatic N) is 1.